The van der Waals surface area contributed by atoms with Gasteiger partial charge in [0.15, 0.2) is 6.61 Å². The molecule has 2 aromatic carbocycles. The molecule has 0 saturated carbocycles. The number of aromatic nitrogens is 2. The van der Waals surface area contributed by atoms with Crippen molar-refractivity contribution < 1.29 is 18.6 Å². The molecule has 1 aromatic heterocycles. The molecule has 0 atom stereocenters. The average molecular weight is 326 g/mol. The van der Waals surface area contributed by atoms with Crippen molar-refractivity contribution >= 4 is 0 Å². The predicted molar refractivity (Wildman–Crippen MR) is 88.3 cm³/mol. The van der Waals surface area contributed by atoms with E-state index in [1.807, 2.05) is 31.2 Å². The summed E-state index contributed by atoms with van der Waals surface area (Å²) >= 11 is 0. The maximum Gasteiger partial charge on any atom is 0.254 e. The van der Waals surface area contributed by atoms with Gasteiger partial charge in [-0.3, -0.25) is 0 Å². The minimum atomic E-state index is 0.162. The second-order valence-electron chi connectivity index (χ2n) is 5.15. The summed E-state index contributed by atoms with van der Waals surface area (Å²) in [4.78, 5) is 0. The minimum absolute atomic E-state index is 0.162. The molecule has 6 nitrogen and oxygen atoms in total. The van der Waals surface area contributed by atoms with Crippen LogP contribution in [0, 0.1) is 6.92 Å². The van der Waals surface area contributed by atoms with Gasteiger partial charge >= 0.3 is 0 Å². The zero-order valence-electron chi connectivity index (χ0n) is 13.8. The molecule has 0 N–H and O–H groups in total. The maximum atomic E-state index is 5.70. The highest BCUT2D eigenvalue weighted by atomic mass is 16.5. The molecule has 0 fully saturated rings. The van der Waals surface area contributed by atoms with Crippen LogP contribution in [0.1, 0.15) is 11.5 Å². The fourth-order valence-corrected chi connectivity index (χ4v) is 2.24. The molecule has 24 heavy (non-hydrogen) atoms. The molecule has 0 aliphatic heterocycles. The number of hydrogen-bond acceptors (Lipinski definition) is 6. The Morgan fingerprint density at radius 1 is 0.917 bits per heavy atom. The number of aryl methyl sites for hydroxylation is 1. The summed E-state index contributed by atoms with van der Waals surface area (Å²) < 4.78 is 21.8. The third-order valence-electron chi connectivity index (χ3n) is 3.53. The standard InChI is InChI=1S/C18H18N2O4/c1-12-6-4-5-7-16(12)18-20-19-17(24-18)11-23-15-9-13(21-2)8-14(10-15)22-3/h4-10H,11H2,1-3H3. The third-order valence-corrected chi connectivity index (χ3v) is 3.53. The van der Waals surface area contributed by atoms with Crippen molar-refractivity contribution in [1.82, 2.24) is 10.2 Å². The summed E-state index contributed by atoms with van der Waals surface area (Å²) in [6.45, 7) is 2.16. The number of benzene rings is 2. The smallest absolute Gasteiger partial charge is 0.254 e. The second-order valence-corrected chi connectivity index (χ2v) is 5.15. The van der Waals surface area contributed by atoms with Crippen molar-refractivity contribution in [3.63, 3.8) is 0 Å². The van der Waals surface area contributed by atoms with E-state index in [0.717, 1.165) is 11.1 Å². The van der Waals surface area contributed by atoms with Crippen molar-refractivity contribution in [2.45, 2.75) is 13.5 Å². The Morgan fingerprint density at radius 3 is 2.25 bits per heavy atom. The van der Waals surface area contributed by atoms with Crippen LogP contribution in [-0.4, -0.2) is 24.4 Å². The van der Waals surface area contributed by atoms with Gasteiger partial charge in [-0.25, -0.2) is 0 Å². The number of nitrogens with zero attached hydrogens (tertiary/aromatic N) is 2. The molecule has 0 radical (unpaired) electrons. The van der Waals surface area contributed by atoms with E-state index in [9.17, 15) is 0 Å². The molecule has 0 amide bonds. The van der Waals surface area contributed by atoms with Gasteiger partial charge in [0.1, 0.15) is 17.2 Å². The highest BCUT2D eigenvalue weighted by Gasteiger charge is 2.11. The first kappa shape index (κ1) is 15.9. The van der Waals surface area contributed by atoms with Gasteiger partial charge in [-0.15, -0.1) is 10.2 Å². The minimum Gasteiger partial charge on any atom is -0.496 e. The molecule has 1 heterocycles. The number of ether oxygens (including phenoxy) is 3. The van der Waals surface area contributed by atoms with Crippen LogP contribution in [0.3, 0.4) is 0 Å². The van der Waals surface area contributed by atoms with Gasteiger partial charge < -0.3 is 18.6 Å². The van der Waals surface area contributed by atoms with Crippen LogP contribution < -0.4 is 14.2 Å². The molecular weight excluding hydrogens is 308 g/mol. The van der Waals surface area contributed by atoms with Crippen molar-refractivity contribution in [3.8, 4) is 28.7 Å². The number of rotatable bonds is 6. The van der Waals surface area contributed by atoms with Crippen LogP contribution in [0.2, 0.25) is 0 Å². The highest BCUT2D eigenvalue weighted by molar-refractivity contribution is 5.57. The lowest BCUT2D eigenvalue weighted by Crippen LogP contribution is -1.97. The van der Waals surface area contributed by atoms with E-state index in [2.05, 4.69) is 10.2 Å². The summed E-state index contributed by atoms with van der Waals surface area (Å²) in [6.07, 6.45) is 0. The lowest BCUT2D eigenvalue weighted by molar-refractivity contribution is 0.261. The molecule has 0 bridgehead atoms. The van der Waals surface area contributed by atoms with Gasteiger partial charge in [0.2, 0.25) is 5.89 Å². The predicted octanol–water partition coefficient (Wildman–Crippen LogP) is 3.64. The normalized spacial score (nSPS) is 10.5. The van der Waals surface area contributed by atoms with Gasteiger partial charge in [0.25, 0.3) is 5.89 Å². The Hall–Kier alpha value is -3.02. The first-order valence-electron chi connectivity index (χ1n) is 7.44. The third kappa shape index (κ3) is 3.48. The Labute approximate surface area is 140 Å². The van der Waals surface area contributed by atoms with Crippen LogP contribution in [-0.2, 0) is 6.61 Å². The molecule has 0 aliphatic rings. The van der Waals surface area contributed by atoms with Gasteiger partial charge in [-0.05, 0) is 18.6 Å². The van der Waals surface area contributed by atoms with Crippen LogP contribution >= 0.6 is 0 Å². The lowest BCUT2D eigenvalue weighted by Gasteiger charge is -2.08. The fourth-order valence-electron chi connectivity index (χ4n) is 2.24. The van der Waals surface area contributed by atoms with Crippen molar-refractivity contribution in [3.05, 3.63) is 53.9 Å². The van der Waals surface area contributed by atoms with E-state index < -0.39 is 0 Å². The van der Waals surface area contributed by atoms with Crippen LogP contribution in [0.4, 0.5) is 0 Å². The molecule has 3 aromatic rings. The van der Waals surface area contributed by atoms with E-state index >= 15 is 0 Å². The maximum absolute atomic E-state index is 5.70. The second kappa shape index (κ2) is 7.04. The van der Waals surface area contributed by atoms with Gasteiger partial charge in [0, 0.05) is 23.8 Å². The first-order chi connectivity index (χ1) is 11.7. The lowest BCUT2D eigenvalue weighted by atomic mass is 10.1. The average Bonchev–Trinajstić information content (AvgIpc) is 3.08. The monoisotopic (exact) mass is 326 g/mol. The van der Waals surface area contributed by atoms with Gasteiger partial charge in [0.05, 0.1) is 14.2 Å². The Morgan fingerprint density at radius 2 is 1.58 bits per heavy atom. The summed E-state index contributed by atoms with van der Waals surface area (Å²) in [7, 11) is 3.18. The van der Waals surface area contributed by atoms with Gasteiger partial charge in [-0.1, -0.05) is 18.2 Å². The molecule has 0 spiro atoms. The van der Waals surface area contributed by atoms with Crippen LogP contribution in [0.5, 0.6) is 17.2 Å². The zero-order valence-corrected chi connectivity index (χ0v) is 13.8. The SMILES string of the molecule is COc1cc(OC)cc(OCc2nnc(-c3ccccc3C)o2)c1. The molecule has 3 rings (SSSR count). The van der Waals surface area contributed by atoms with Crippen LogP contribution in [0.15, 0.2) is 46.9 Å². The molecule has 0 saturated heterocycles. The van der Waals surface area contributed by atoms with Crippen molar-refractivity contribution in [1.29, 1.82) is 0 Å². The topological polar surface area (TPSA) is 66.6 Å². The van der Waals surface area contributed by atoms with Crippen LogP contribution in [0.25, 0.3) is 11.5 Å². The van der Waals surface area contributed by atoms with E-state index in [0.29, 0.717) is 29.0 Å². The molecule has 0 unspecified atom stereocenters. The van der Waals surface area contributed by atoms with Crippen molar-refractivity contribution in [2.24, 2.45) is 0 Å². The highest BCUT2D eigenvalue weighted by Crippen LogP contribution is 2.28. The summed E-state index contributed by atoms with van der Waals surface area (Å²) in [6, 6.07) is 13.2. The largest absolute Gasteiger partial charge is 0.496 e. The van der Waals surface area contributed by atoms with E-state index in [4.69, 9.17) is 18.6 Å². The molecule has 124 valence electrons. The fraction of sp³-hybridized carbons (Fsp3) is 0.222. The zero-order chi connectivity index (χ0) is 16.9. The Kier molecular flexibility index (Phi) is 4.65. The van der Waals surface area contributed by atoms with Gasteiger partial charge in [-0.2, -0.15) is 0 Å². The van der Waals surface area contributed by atoms with Crippen molar-refractivity contribution in [2.75, 3.05) is 14.2 Å². The van der Waals surface area contributed by atoms with E-state index in [-0.39, 0.29) is 6.61 Å². The number of hydrogen-bond donors (Lipinski definition) is 0. The number of methoxy groups -OCH3 is 2. The molecular formula is C18H18N2O4. The first-order valence-corrected chi connectivity index (χ1v) is 7.44. The molecule has 6 heteroatoms. The summed E-state index contributed by atoms with van der Waals surface area (Å²) in [5.41, 5.74) is 1.99. The summed E-state index contributed by atoms with van der Waals surface area (Å²) in [5, 5.41) is 8.11. The van der Waals surface area contributed by atoms with E-state index in [1.54, 1.807) is 32.4 Å². The Balaban J connectivity index is 1.73. The summed E-state index contributed by atoms with van der Waals surface area (Å²) in [5.74, 6) is 2.78. The quantitative estimate of drug-likeness (QED) is 0.689. The van der Waals surface area contributed by atoms with E-state index in [1.165, 1.54) is 0 Å². The molecule has 0 aliphatic carbocycles. The Bertz CT molecular complexity index is 807.